The standard InChI is InChI=1S/C14H27N3O/c1-11-10-14(4-7-16(11)3)15-13-5-8-17(9-6-13)12(2)18/h11,13-15H,4-10H2,1-3H3. The Bertz CT molecular complexity index is 287. The van der Waals surface area contributed by atoms with E-state index in [1.807, 2.05) is 4.90 Å². The molecular weight excluding hydrogens is 226 g/mol. The minimum atomic E-state index is 0.223. The Morgan fingerprint density at radius 3 is 2.28 bits per heavy atom. The Kier molecular flexibility index (Phi) is 4.62. The number of likely N-dealkylation sites (tertiary alicyclic amines) is 2. The highest BCUT2D eigenvalue weighted by atomic mass is 16.2. The van der Waals surface area contributed by atoms with Crippen molar-refractivity contribution >= 4 is 5.91 Å². The van der Waals surface area contributed by atoms with E-state index in [2.05, 4.69) is 24.2 Å². The summed E-state index contributed by atoms with van der Waals surface area (Å²) >= 11 is 0. The van der Waals surface area contributed by atoms with Crippen LogP contribution in [0.25, 0.3) is 0 Å². The Balaban J connectivity index is 1.73. The largest absolute Gasteiger partial charge is 0.343 e. The lowest BCUT2D eigenvalue weighted by atomic mass is 9.96. The Hall–Kier alpha value is -0.610. The molecular formula is C14H27N3O. The zero-order valence-corrected chi connectivity index (χ0v) is 12.0. The van der Waals surface area contributed by atoms with Gasteiger partial charge in [0.15, 0.2) is 0 Å². The molecule has 18 heavy (non-hydrogen) atoms. The third kappa shape index (κ3) is 3.45. The molecule has 0 aromatic rings. The molecule has 0 spiro atoms. The molecule has 0 bridgehead atoms. The first-order valence-corrected chi connectivity index (χ1v) is 7.28. The van der Waals surface area contributed by atoms with Gasteiger partial charge in [-0.2, -0.15) is 0 Å². The molecule has 4 nitrogen and oxygen atoms in total. The van der Waals surface area contributed by atoms with Crippen LogP contribution in [0.5, 0.6) is 0 Å². The van der Waals surface area contributed by atoms with E-state index in [4.69, 9.17) is 0 Å². The third-order valence-electron chi connectivity index (χ3n) is 4.62. The summed E-state index contributed by atoms with van der Waals surface area (Å²) in [7, 11) is 2.21. The molecule has 4 heteroatoms. The number of carbonyl (C=O) groups excluding carboxylic acids is 1. The fourth-order valence-corrected chi connectivity index (χ4v) is 3.14. The van der Waals surface area contributed by atoms with Crippen molar-refractivity contribution < 1.29 is 4.79 Å². The van der Waals surface area contributed by atoms with Crippen molar-refractivity contribution in [1.82, 2.24) is 15.1 Å². The van der Waals surface area contributed by atoms with Gasteiger partial charge in [-0.25, -0.2) is 0 Å². The number of rotatable bonds is 2. The third-order valence-corrected chi connectivity index (χ3v) is 4.62. The van der Waals surface area contributed by atoms with Gasteiger partial charge in [0.1, 0.15) is 0 Å². The van der Waals surface area contributed by atoms with Crippen LogP contribution in [0, 0.1) is 0 Å². The lowest BCUT2D eigenvalue weighted by Crippen LogP contribution is -2.51. The summed E-state index contributed by atoms with van der Waals surface area (Å²) in [6.45, 7) is 7.04. The van der Waals surface area contributed by atoms with Crippen molar-refractivity contribution in [3.05, 3.63) is 0 Å². The monoisotopic (exact) mass is 253 g/mol. The summed E-state index contributed by atoms with van der Waals surface area (Å²) in [5.41, 5.74) is 0. The van der Waals surface area contributed by atoms with E-state index < -0.39 is 0 Å². The first kappa shape index (κ1) is 13.8. The summed E-state index contributed by atoms with van der Waals surface area (Å²) in [6.07, 6.45) is 4.73. The first-order chi connectivity index (χ1) is 8.56. The van der Waals surface area contributed by atoms with Crippen molar-refractivity contribution in [1.29, 1.82) is 0 Å². The van der Waals surface area contributed by atoms with E-state index in [0.29, 0.717) is 18.1 Å². The van der Waals surface area contributed by atoms with Crippen LogP contribution in [-0.4, -0.2) is 60.5 Å². The van der Waals surface area contributed by atoms with Gasteiger partial charge in [0.05, 0.1) is 0 Å². The molecule has 0 saturated carbocycles. The van der Waals surface area contributed by atoms with Crippen LogP contribution >= 0.6 is 0 Å². The molecule has 1 N–H and O–H groups in total. The molecule has 2 saturated heterocycles. The van der Waals surface area contributed by atoms with Gasteiger partial charge in [0.25, 0.3) is 0 Å². The van der Waals surface area contributed by atoms with Gasteiger partial charge in [-0.3, -0.25) is 4.79 Å². The SMILES string of the molecule is CC(=O)N1CCC(NC2CCN(C)C(C)C2)CC1. The Morgan fingerprint density at radius 1 is 1.11 bits per heavy atom. The molecule has 0 aromatic heterocycles. The summed E-state index contributed by atoms with van der Waals surface area (Å²) in [4.78, 5) is 15.7. The van der Waals surface area contributed by atoms with E-state index in [-0.39, 0.29) is 5.91 Å². The van der Waals surface area contributed by atoms with E-state index in [0.717, 1.165) is 25.9 Å². The predicted molar refractivity (Wildman–Crippen MR) is 73.5 cm³/mol. The zero-order valence-electron chi connectivity index (χ0n) is 12.0. The maximum absolute atomic E-state index is 11.3. The first-order valence-electron chi connectivity index (χ1n) is 7.28. The van der Waals surface area contributed by atoms with Gasteiger partial charge in [0.2, 0.25) is 5.91 Å². The molecule has 104 valence electrons. The molecule has 2 unspecified atom stereocenters. The van der Waals surface area contributed by atoms with E-state index in [1.165, 1.54) is 19.4 Å². The van der Waals surface area contributed by atoms with E-state index >= 15 is 0 Å². The second-order valence-corrected chi connectivity index (χ2v) is 6.00. The minimum Gasteiger partial charge on any atom is -0.343 e. The topological polar surface area (TPSA) is 35.6 Å². The Morgan fingerprint density at radius 2 is 1.72 bits per heavy atom. The van der Waals surface area contributed by atoms with Gasteiger partial charge in [-0.05, 0) is 46.2 Å². The van der Waals surface area contributed by atoms with Gasteiger partial charge in [-0.1, -0.05) is 0 Å². The van der Waals surface area contributed by atoms with Crippen molar-refractivity contribution in [3.63, 3.8) is 0 Å². The van der Waals surface area contributed by atoms with Crippen LogP contribution in [0.15, 0.2) is 0 Å². The molecule has 2 heterocycles. The van der Waals surface area contributed by atoms with Crippen LogP contribution in [0.2, 0.25) is 0 Å². The smallest absolute Gasteiger partial charge is 0.219 e. The van der Waals surface area contributed by atoms with Crippen LogP contribution in [0.1, 0.15) is 39.5 Å². The van der Waals surface area contributed by atoms with Crippen molar-refractivity contribution in [2.45, 2.75) is 57.7 Å². The molecule has 2 aliphatic rings. The maximum Gasteiger partial charge on any atom is 0.219 e. The molecule has 2 atom stereocenters. The maximum atomic E-state index is 11.3. The van der Waals surface area contributed by atoms with Gasteiger partial charge in [0, 0.05) is 38.1 Å². The van der Waals surface area contributed by atoms with E-state index in [1.54, 1.807) is 6.92 Å². The lowest BCUT2D eigenvalue weighted by molar-refractivity contribution is -0.129. The van der Waals surface area contributed by atoms with Crippen molar-refractivity contribution in [2.75, 3.05) is 26.7 Å². The fourth-order valence-electron chi connectivity index (χ4n) is 3.14. The van der Waals surface area contributed by atoms with Crippen molar-refractivity contribution in [3.8, 4) is 0 Å². The highest BCUT2D eigenvalue weighted by Gasteiger charge is 2.27. The molecule has 2 aliphatic heterocycles. The highest BCUT2D eigenvalue weighted by Crippen LogP contribution is 2.18. The number of nitrogens with one attached hydrogen (secondary N) is 1. The lowest BCUT2D eigenvalue weighted by Gasteiger charge is -2.39. The molecule has 2 fully saturated rings. The number of amides is 1. The van der Waals surface area contributed by atoms with Crippen LogP contribution in [0.3, 0.4) is 0 Å². The molecule has 1 amide bonds. The molecule has 0 aromatic carbocycles. The summed E-state index contributed by atoms with van der Waals surface area (Å²) in [5.74, 6) is 0.223. The van der Waals surface area contributed by atoms with Gasteiger partial charge < -0.3 is 15.1 Å². The Labute approximate surface area is 111 Å². The normalized spacial score (nSPS) is 31.6. The number of nitrogens with zero attached hydrogens (tertiary/aromatic N) is 2. The van der Waals surface area contributed by atoms with Crippen molar-refractivity contribution in [2.24, 2.45) is 0 Å². The summed E-state index contributed by atoms with van der Waals surface area (Å²) in [6, 6.07) is 1.97. The second-order valence-electron chi connectivity index (χ2n) is 6.00. The number of piperidine rings is 2. The van der Waals surface area contributed by atoms with Gasteiger partial charge in [-0.15, -0.1) is 0 Å². The van der Waals surface area contributed by atoms with Crippen LogP contribution in [-0.2, 0) is 4.79 Å². The quantitative estimate of drug-likeness (QED) is 0.799. The van der Waals surface area contributed by atoms with Crippen LogP contribution in [0.4, 0.5) is 0 Å². The van der Waals surface area contributed by atoms with E-state index in [9.17, 15) is 4.79 Å². The second kappa shape index (κ2) is 6.02. The average Bonchev–Trinajstić information content (AvgIpc) is 2.34. The van der Waals surface area contributed by atoms with Gasteiger partial charge >= 0.3 is 0 Å². The summed E-state index contributed by atoms with van der Waals surface area (Å²) in [5, 5.41) is 3.80. The minimum absolute atomic E-state index is 0.223. The molecule has 0 radical (unpaired) electrons. The zero-order chi connectivity index (χ0) is 13.1. The fraction of sp³-hybridized carbons (Fsp3) is 0.929. The number of hydrogen-bond acceptors (Lipinski definition) is 3. The summed E-state index contributed by atoms with van der Waals surface area (Å²) < 4.78 is 0. The average molecular weight is 253 g/mol. The molecule has 0 aliphatic carbocycles. The number of hydrogen-bond donors (Lipinski definition) is 1. The number of carbonyl (C=O) groups is 1. The van der Waals surface area contributed by atoms with Crippen LogP contribution < -0.4 is 5.32 Å². The predicted octanol–water partition coefficient (Wildman–Crippen LogP) is 1.07. The highest BCUT2D eigenvalue weighted by molar-refractivity contribution is 5.73. The molecule has 2 rings (SSSR count).